The van der Waals surface area contributed by atoms with Crippen molar-refractivity contribution in [3.63, 3.8) is 0 Å². The van der Waals surface area contributed by atoms with Gasteiger partial charge in [-0.1, -0.05) is 127 Å². The standard InChI is InChI=1S/C58H69BN2O/c1-34-27-47-50-48(28-34)61(45-21-17-36(29-35(45)2)53(3,4)5)51-39-30-37(54(6,7)8)18-22-49(39)62-52(51)59(50)44-32-42-43(58(15,16)26-25-57(42,13)14)33-46(44)60(47)38-19-20-40-41(31-38)56(11,12)24-23-55(40,9)10/h17-22,27-33H,23-26H2,1-16H3. The van der Waals surface area contributed by atoms with Gasteiger partial charge in [0.05, 0.1) is 11.3 Å². The molecule has 0 radical (unpaired) electrons. The molecular formula is C58H69BN2O. The Morgan fingerprint density at radius 1 is 0.516 bits per heavy atom. The third-order valence-corrected chi connectivity index (χ3v) is 16.0. The zero-order chi connectivity index (χ0) is 44.4. The Morgan fingerprint density at radius 3 is 1.65 bits per heavy atom. The number of fused-ring (bicyclic) bond motifs is 8. The van der Waals surface area contributed by atoms with E-state index in [2.05, 4.69) is 199 Å². The molecule has 62 heavy (non-hydrogen) atoms. The van der Waals surface area contributed by atoms with Crippen LogP contribution in [0.3, 0.4) is 0 Å². The Hall–Kier alpha value is -4.70. The number of hydrogen-bond donors (Lipinski definition) is 0. The second-order valence-electron chi connectivity index (χ2n) is 24.6. The van der Waals surface area contributed by atoms with Crippen molar-refractivity contribution in [1.29, 1.82) is 0 Å². The second-order valence-corrected chi connectivity index (χ2v) is 24.6. The molecule has 3 nitrogen and oxygen atoms in total. The van der Waals surface area contributed by atoms with Crippen LogP contribution in [0.25, 0.3) is 11.0 Å². The van der Waals surface area contributed by atoms with Crippen LogP contribution in [0.1, 0.15) is 167 Å². The summed E-state index contributed by atoms with van der Waals surface area (Å²) in [6.45, 7) is 38.1. The molecule has 0 fully saturated rings. The SMILES string of the molecule is Cc1cc2c3c(c1)N(c1ccc(C(C)(C)C)cc1C)c1c(oc4ccc(C(C)(C)C)cc14)B3c1cc3c(cc1N2c1ccc2c(c1)C(C)(C)CCC2(C)C)C(C)(C)CCC3(C)C. The van der Waals surface area contributed by atoms with Gasteiger partial charge in [0.25, 0.3) is 6.71 Å². The molecule has 2 aliphatic carbocycles. The van der Waals surface area contributed by atoms with Crippen LogP contribution in [-0.4, -0.2) is 6.71 Å². The van der Waals surface area contributed by atoms with Gasteiger partial charge in [0.2, 0.25) is 0 Å². The third-order valence-electron chi connectivity index (χ3n) is 16.0. The number of rotatable bonds is 2. The Bertz CT molecular complexity index is 2870. The molecule has 0 spiro atoms. The summed E-state index contributed by atoms with van der Waals surface area (Å²) >= 11 is 0. The van der Waals surface area contributed by atoms with Gasteiger partial charge in [-0.05, 0) is 176 Å². The van der Waals surface area contributed by atoms with Gasteiger partial charge in [-0.15, -0.1) is 0 Å². The van der Waals surface area contributed by atoms with Crippen molar-refractivity contribution in [1.82, 2.24) is 0 Å². The van der Waals surface area contributed by atoms with Gasteiger partial charge in [0, 0.05) is 33.8 Å². The minimum atomic E-state index is -0.0862. The van der Waals surface area contributed by atoms with E-state index >= 15 is 0 Å². The Kier molecular flexibility index (Phi) is 8.63. The smallest absolute Gasteiger partial charge is 0.297 e. The molecule has 0 saturated carbocycles. The highest BCUT2D eigenvalue weighted by molar-refractivity contribution is 7.00. The Morgan fingerprint density at radius 2 is 1.05 bits per heavy atom. The molecule has 6 aromatic rings. The van der Waals surface area contributed by atoms with Crippen molar-refractivity contribution in [3.05, 3.63) is 123 Å². The molecule has 0 bridgehead atoms. The fraction of sp³-hybridized carbons (Fsp3) is 0.448. The highest BCUT2D eigenvalue weighted by atomic mass is 16.3. The molecule has 0 atom stereocenters. The number of furan rings is 1. The average Bonchev–Trinajstić information content (AvgIpc) is 3.56. The molecule has 0 unspecified atom stereocenters. The predicted molar refractivity (Wildman–Crippen MR) is 268 cm³/mol. The highest BCUT2D eigenvalue weighted by Gasteiger charge is 2.49. The normalized spacial score (nSPS) is 19.1. The minimum Gasteiger partial charge on any atom is -0.468 e. The van der Waals surface area contributed by atoms with E-state index in [1.165, 1.54) is 121 Å². The summed E-state index contributed by atoms with van der Waals surface area (Å²) in [5, 5.41) is 1.18. The van der Waals surface area contributed by atoms with Crippen LogP contribution in [0.5, 0.6) is 0 Å². The summed E-state index contributed by atoms with van der Waals surface area (Å²) in [7, 11) is 0. The van der Waals surface area contributed by atoms with Crippen LogP contribution in [0.15, 0.2) is 83.3 Å². The van der Waals surface area contributed by atoms with Crippen LogP contribution < -0.4 is 26.4 Å². The average molecular weight is 821 g/mol. The van der Waals surface area contributed by atoms with Crippen molar-refractivity contribution in [2.24, 2.45) is 0 Å². The lowest BCUT2D eigenvalue weighted by atomic mass is 9.35. The lowest BCUT2D eigenvalue weighted by molar-refractivity contribution is 0.332. The maximum absolute atomic E-state index is 7.41. The van der Waals surface area contributed by atoms with Crippen LogP contribution in [0, 0.1) is 13.8 Å². The van der Waals surface area contributed by atoms with Crippen LogP contribution in [0.2, 0.25) is 0 Å². The van der Waals surface area contributed by atoms with Gasteiger partial charge in [-0.25, -0.2) is 0 Å². The molecule has 10 rings (SSSR count). The number of aryl methyl sites for hydroxylation is 2. The van der Waals surface area contributed by atoms with Crippen molar-refractivity contribution in [3.8, 4) is 0 Å². The van der Waals surface area contributed by atoms with Gasteiger partial charge < -0.3 is 14.2 Å². The zero-order valence-corrected chi connectivity index (χ0v) is 40.7. The Labute approximate surface area is 373 Å². The lowest BCUT2D eigenvalue weighted by Gasteiger charge is -2.47. The first-order chi connectivity index (χ1) is 28.8. The number of hydrogen-bond acceptors (Lipinski definition) is 3. The predicted octanol–water partition coefficient (Wildman–Crippen LogP) is 14.4. The molecule has 320 valence electrons. The molecule has 4 aliphatic rings. The fourth-order valence-electron chi connectivity index (χ4n) is 11.8. The van der Waals surface area contributed by atoms with Crippen molar-refractivity contribution < 1.29 is 4.42 Å². The molecule has 5 aromatic carbocycles. The van der Waals surface area contributed by atoms with Crippen LogP contribution in [0.4, 0.5) is 34.1 Å². The van der Waals surface area contributed by atoms with Crippen LogP contribution >= 0.6 is 0 Å². The molecule has 0 N–H and O–H groups in total. The molecule has 0 amide bonds. The third kappa shape index (κ3) is 6.04. The molecule has 3 heterocycles. The number of nitrogens with zero attached hydrogens (tertiary/aromatic N) is 2. The summed E-state index contributed by atoms with van der Waals surface area (Å²) in [5.41, 5.74) is 23.6. The topological polar surface area (TPSA) is 19.6 Å². The lowest BCUT2D eigenvalue weighted by Crippen LogP contribution is -2.61. The molecule has 0 saturated heterocycles. The molecule has 2 aliphatic heterocycles. The molecular weight excluding hydrogens is 751 g/mol. The molecule has 1 aromatic heterocycles. The first kappa shape index (κ1) is 41.3. The quantitative estimate of drug-likeness (QED) is 0.162. The van der Waals surface area contributed by atoms with Crippen molar-refractivity contribution in [2.75, 3.05) is 9.80 Å². The van der Waals surface area contributed by atoms with Gasteiger partial charge in [-0.2, -0.15) is 0 Å². The first-order valence-electron chi connectivity index (χ1n) is 23.6. The maximum Gasteiger partial charge on any atom is 0.297 e. The second kappa shape index (κ2) is 13.0. The number of benzene rings is 5. The summed E-state index contributed by atoms with van der Waals surface area (Å²) in [6.07, 6.45) is 4.72. The summed E-state index contributed by atoms with van der Waals surface area (Å²) in [6, 6.07) is 31.8. The van der Waals surface area contributed by atoms with E-state index in [4.69, 9.17) is 4.42 Å². The monoisotopic (exact) mass is 821 g/mol. The minimum absolute atomic E-state index is 0.0160. The van der Waals surface area contributed by atoms with Crippen LogP contribution in [-0.2, 0) is 32.5 Å². The maximum atomic E-state index is 7.41. The highest BCUT2D eigenvalue weighted by Crippen LogP contribution is 2.53. The van der Waals surface area contributed by atoms with Crippen molar-refractivity contribution >= 4 is 68.4 Å². The number of anilines is 6. The largest absolute Gasteiger partial charge is 0.468 e. The summed E-state index contributed by atoms with van der Waals surface area (Å²) < 4.78 is 7.41. The zero-order valence-electron chi connectivity index (χ0n) is 40.7. The van der Waals surface area contributed by atoms with E-state index in [-0.39, 0.29) is 39.2 Å². The van der Waals surface area contributed by atoms with Gasteiger partial charge in [-0.3, -0.25) is 0 Å². The van der Waals surface area contributed by atoms with E-state index in [9.17, 15) is 0 Å². The Balaban J connectivity index is 1.34. The van der Waals surface area contributed by atoms with E-state index in [0.717, 1.165) is 11.2 Å². The van der Waals surface area contributed by atoms with E-state index in [0.29, 0.717) is 0 Å². The van der Waals surface area contributed by atoms with Gasteiger partial charge >= 0.3 is 0 Å². The van der Waals surface area contributed by atoms with E-state index in [1.807, 2.05) is 0 Å². The summed E-state index contributed by atoms with van der Waals surface area (Å²) in [4.78, 5) is 5.25. The van der Waals surface area contributed by atoms with Gasteiger partial charge in [0.15, 0.2) is 0 Å². The van der Waals surface area contributed by atoms with Gasteiger partial charge in [0.1, 0.15) is 5.58 Å². The first-order valence-corrected chi connectivity index (χ1v) is 23.6. The molecule has 4 heteroatoms. The van der Waals surface area contributed by atoms with E-state index < -0.39 is 0 Å². The van der Waals surface area contributed by atoms with Crippen molar-refractivity contribution in [2.45, 2.75) is 169 Å². The van der Waals surface area contributed by atoms with E-state index in [1.54, 1.807) is 0 Å². The summed E-state index contributed by atoms with van der Waals surface area (Å²) in [5.74, 6) is 0. The fourth-order valence-corrected chi connectivity index (χ4v) is 11.8.